The summed E-state index contributed by atoms with van der Waals surface area (Å²) in [5, 5.41) is 3.18. The Bertz CT molecular complexity index is 240. The SMILES string of the molecule is CC1CCCCCC1NC(=O)C(C)(C)CCl. The molecular formula is C13H24ClNO. The van der Waals surface area contributed by atoms with E-state index in [9.17, 15) is 4.79 Å². The summed E-state index contributed by atoms with van der Waals surface area (Å²) in [6, 6.07) is 0.345. The smallest absolute Gasteiger partial charge is 0.227 e. The molecule has 0 aromatic carbocycles. The molecule has 1 aliphatic rings. The third-order valence-corrected chi connectivity index (χ3v) is 4.29. The molecule has 1 saturated carbocycles. The fourth-order valence-corrected chi connectivity index (χ4v) is 2.25. The quantitative estimate of drug-likeness (QED) is 0.600. The molecule has 0 saturated heterocycles. The van der Waals surface area contributed by atoms with E-state index < -0.39 is 5.41 Å². The van der Waals surface area contributed by atoms with E-state index in [2.05, 4.69) is 12.2 Å². The predicted octanol–water partition coefficient (Wildman–Crippen LogP) is 3.34. The van der Waals surface area contributed by atoms with Crippen LogP contribution >= 0.6 is 11.6 Å². The maximum atomic E-state index is 12.0. The first-order valence-corrected chi connectivity index (χ1v) is 6.88. The zero-order valence-electron chi connectivity index (χ0n) is 10.7. The van der Waals surface area contributed by atoms with Crippen LogP contribution in [0, 0.1) is 11.3 Å². The summed E-state index contributed by atoms with van der Waals surface area (Å²) in [6.07, 6.45) is 6.18. The minimum atomic E-state index is -0.451. The maximum Gasteiger partial charge on any atom is 0.227 e. The summed E-state index contributed by atoms with van der Waals surface area (Å²) in [5.74, 6) is 1.07. The summed E-state index contributed by atoms with van der Waals surface area (Å²) >= 11 is 5.81. The van der Waals surface area contributed by atoms with E-state index in [4.69, 9.17) is 11.6 Å². The molecule has 0 aromatic heterocycles. The van der Waals surface area contributed by atoms with Crippen molar-refractivity contribution < 1.29 is 4.79 Å². The van der Waals surface area contributed by atoms with Crippen molar-refractivity contribution in [3.8, 4) is 0 Å². The Balaban J connectivity index is 2.54. The average Bonchev–Trinajstić information content (AvgIpc) is 2.44. The minimum absolute atomic E-state index is 0.0984. The average molecular weight is 246 g/mol. The molecule has 0 heterocycles. The number of halogens is 1. The van der Waals surface area contributed by atoms with E-state index in [0.717, 1.165) is 6.42 Å². The zero-order chi connectivity index (χ0) is 12.2. The molecule has 0 radical (unpaired) electrons. The van der Waals surface area contributed by atoms with Gasteiger partial charge in [-0.1, -0.05) is 26.2 Å². The van der Waals surface area contributed by atoms with Gasteiger partial charge < -0.3 is 5.32 Å². The monoisotopic (exact) mass is 245 g/mol. The zero-order valence-corrected chi connectivity index (χ0v) is 11.4. The lowest BCUT2D eigenvalue weighted by molar-refractivity contribution is -0.129. The summed E-state index contributed by atoms with van der Waals surface area (Å²) in [6.45, 7) is 6.04. The molecular weight excluding hydrogens is 222 g/mol. The van der Waals surface area contributed by atoms with Gasteiger partial charge in [0.15, 0.2) is 0 Å². The Kier molecular flexibility index (Phi) is 5.10. The molecule has 2 unspecified atom stereocenters. The minimum Gasteiger partial charge on any atom is -0.353 e. The number of rotatable bonds is 3. The number of amides is 1. The third-order valence-electron chi connectivity index (χ3n) is 3.63. The van der Waals surface area contributed by atoms with Gasteiger partial charge in [0.25, 0.3) is 0 Å². The summed E-state index contributed by atoms with van der Waals surface area (Å²) in [4.78, 5) is 12.0. The Morgan fingerprint density at radius 2 is 1.94 bits per heavy atom. The lowest BCUT2D eigenvalue weighted by Gasteiger charge is -2.28. The van der Waals surface area contributed by atoms with Crippen molar-refractivity contribution >= 4 is 17.5 Å². The fraction of sp³-hybridized carbons (Fsp3) is 0.923. The first kappa shape index (κ1) is 13.8. The van der Waals surface area contributed by atoms with Gasteiger partial charge in [0.2, 0.25) is 5.91 Å². The highest BCUT2D eigenvalue weighted by molar-refractivity contribution is 6.19. The van der Waals surface area contributed by atoms with Crippen LogP contribution < -0.4 is 5.32 Å². The van der Waals surface area contributed by atoms with E-state index in [1.165, 1.54) is 25.7 Å². The van der Waals surface area contributed by atoms with Crippen LogP contribution in [0.15, 0.2) is 0 Å². The van der Waals surface area contributed by atoms with Crippen molar-refractivity contribution in [1.82, 2.24) is 5.32 Å². The van der Waals surface area contributed by atoms with Crippen LogP contribution in [-0.4, -0.2) is 17.8 Å². The van der Waals surface area contributed by atoms with Crippen molar-refractivity contribution in [2.75, 3.05) is 5.88 Å². The number of hydrogen-bond donors (Lipinski definition) is 1. The van der Waals surface area contributed by atoms with Gasteiger partial charge in [-0.2, -0.15) is 0 Å². The molecule has 2 atom stereocenters. The predicted molar refractivity (Wildman–Crippen MR) is 68.7 cm³/mol. The highest BCUT2D eigenvalue weighted by Gasteiger charge is 2.30. The molecule has 1 aliphatic carbocycles. The van der Waals surface area contributed by atoms with Crippen LogP contribution in [0.25, 0.3) is 0 Å². The van der Waals surface area contributed by atoms with Gasteiger partial charge in [0.1, 0.15) is 0 Å². The third kappa shape index (κ3) is 3.65. The van der Waals surface area contributed by atoms with E-state index in [0.29, 0.717) is 17.8 Å². The summed E-state index contributed by atoms with van der Waals surface area (Å²) < 4.78 is 0. The van der Waals surface area contributed by atoms with E-state index in [-0.39, 0.29) is 5.91 Å². The molecule has 0 aliphatic heterocycles. The molecule has 0 spiro atoms. The van der Waals surface area contributed by atoms with Gasteiger partial charge in [-0.3, -0.25) is 4.79 Å². The summed E-state index contributed by atoms with van der Waals surface area (Å²) in [5.41, 5.74) is -0.451. The van der Waals surface area contributed by atoms with Crippen LogP contribution in [0.4, 0.5) is 0 Å². The van der Waals surface area contributed by atoms with Crippen LogP contribution in [-0.2, 0) is 4.79 Å². The van der Waals surface area contributed by atoms with Crippen LogP contribution in [0.2, 0.25) is 0 Å². The molecule has 1 amide bonds. The molecule has 16 heavy (non-hydrogen) atoms. The van der Waals surface area contributed by atoms with E-state index >= 15 is 0 Å². The van der Waals surface area contributed by atoms with Crippen molar-refractivity contribution in [3.63, 3.8) is 0 Å². The largest absolute Gasteiger partial charge is 0.353 e. The Hall–Kier alpha value is -0.240. The number of carbonyl (C=O) groups excluding carboxylic acids is 1. The standard InChI is InChI=1S/C13H24ClNO/c1-10-7-5-4-6-8-11(10)15-12(16)13(2,3)9-14/h10-11H,4-9H2,1-3H3,(H,15,16). The molecule has 1 rings (SSSR count). The topological polar surface area (TPSA) is 29.1 Å². The van der Waals surface area contributed by atoms with Crippen LogP contribution in [0.3, 0.4) is 0 Å². The fourth-order valence-electron chi connectivity index (χ4n) is 2.13. The molecule has 0 bridgehead atoms. The van der Waals surface area contributed by atoms with Crippen molar-refractivity contribution in [2.45, 2.75) is 58.9 Å². The van der Waals surface area contributed by atoms with Crippen molar-refractivity contribution in [2.24, 2.45) is 11.3 Å². The summed E-state index contributed by atoms with van der Waals surface area (Å²) in [7, 11) is 0. The highest BCUT2D eigenvalue weighted by Crippen LogP contribution is 2.25. The van der Waals surface area contributed by atoms with Gasteiger partial charge in [-0.15, -0.1) is 11.6 Å². The molecule has 3 heteroatoms. The second kappa shape index (κ2) is 5.90. The molecule has 1 fully saturated rings. The van der Waals surface area contributed by atoms with Crippen molar-refractivity contribution in [3.05, 3.63) is 0 Å². The Morgan fingerprint density at radius 3 is 2.56 bits per heavy atom. The second-order valence-corrected chi connectivity index (χ2v) is 5.98. The van der Waals surface area contributed by atoms with Crippen LogP contribution in [0.1, 0.15) is 52.9 Å². The molecule has 94 valence electrons. The highest BCUT2D eigenvalue weighted by atomic mass is 35.5. The lowest BCUT2D eigenvalue weighted by atomic mass is 9.92. The second-order valence-electron chi connectivity index (χ2n) is 5.71. The maximum absolute atomic E-state index is 12.0. The Labute approximate surface area is 104 Å². The van der Waals surface area contributed by atoms with Crippen molar-refractivity contribution in [1.29, 1.82) is 0 Å². The number of hydrogen-bond acceptors (Lipinski definition) is 1. The lowest BCUT2D eigenvalue weighted by Crippen LogP contribution is -2.46. The van der Waals surface area contributed by atoms with Gasteiger partial charge in [-0.25, -0.2) is 0 Å². The molecule has 0 aromatic rings. The number of carbonyl (C=O) groups is 1. The van der Waals surface area contributed by atoms with Gasteiger partial charge in [-0.05, 0) is 32.6 Å². The van der Waals surface area contributed by atoms with E-state index in [1.807, 2.05) is 13.8 Å². The normalized spacial score (nSPS) is 27.2. The van der Waals surface area contributed by atoms with Gasteiger partial charge >= 0.3 is 0 Å². The number of alkyl halides is 1. The van der Waals surface area contributed by atoms with Gasteiger partial charge in [0, 0.05) is 11.9 Å². The van der Waals surface area contributed by atoms with E-state index in [1.54, 1.807) is 0 Å². The molecule has 2 nitrogen and oxygen atoms in total. The van der Waals surface area contributed by atoms with Gasteiger partial charge in [0.05, 0.1) is 5.41 Å². The first-order valence-electron chi connectivity index (χ1n) is 6.34. The first-order chi connectivity index (χ1) is 7.47. The Morgan fingerprint density at radius 1 is 1.31 bits per heavy atom. The van der Waals surface area contributed by atoms with Crippen LogP contribution in [0.5, 0.6) is 0 Å². The number of nitrogens with one attached hydrogen (secondary N) is 1. The molecule has 1 N–H and O–H groups in total.